The summed E-state index contributed by atoms with van der Waals surface area (Å²) in [5.41, 5.74) is 7.50. The van der Waals surface area contributed by atoms with Gasteiger partial charge in [-0.1, -0.05) is 37.3 Å². The Labute approximate surface area is 106 Å². The molecule has 0 aliphatic heterocycles. The summed E-state index contributed by atoms with van der Waals surface area (Å²) in [5, 5.41) is 2.94. The lowest BCUT2D eigenvalue weighted by Gasteiger charge is -2.20. The molecule has 18 heavy (non-hydrogen) atoms. The minimum absolute atomic E-state index is 0.0379. The van der Waals surface area contributed by atoms with Gasteiger partial charge in [-0.2, -0.15) is 0 Å². The first-order valence-corrected chi connectivity index (χ1v) is 6.14. The maximum absolute atomic E-state index is 12.0. The van der Waals surface area contributed by atoms with Crippen molar-refractivity contribution < 1.29 is 0 Å². The Kier molecular flexibility index (Phi) is 3.28. The van der Waals surface area contributed by atoms with Crippen LogP contribution in [0.1, 0.15) is 36.9 Å². The molecular formula is C14H19N3O. The highest BCUT2D eigenvalue weighted by Crippen LogP contribution is 2.26. The molecule has 0 saturated carbocycles. The normalized spacial score (nSPS) is 14.4. The molecule has 4 heteroatoms. The van der Waals surface area contributed by atoms with Crippen LogP contribution in [-0.4, -0.2) is 9.78 Å². The average molecular weight is 245 g/mol. The molecule has 0 radical (unpaired) electrons. The molecule has 0 aliphatic carbocycles. The van der Waals surface area contributed by atoms with Gasteiger partial charge < -0.3 is 5.73 Å². The number of nitrogens with two attached hydrogens (primary N) is 1. The van der Waals surface area contributed by atoms with E-state index in [1.165, 1.54) is 5.56 Å². The second-order valence-electron chi connectivity index (χ2n) is 4.77. The van der Waals surface area contributed by atoms with Crippen LogP contribution in [0.3, 0.4) is 0 Å². The molecule has 2 rings (SSSR count). The van der Waals surface area contributed by atoms with Gasteiger partial charge in [0.2, 0.25) is 0 Å². The summed E-state index contributed by atoms with van der Waals surface area (Å²) >= 11 is 0. The lowest BCUT2D eigenvalue weighted by Crippen LogP contribution is -2.25. The number of benzene rings is 1. The summed E-state index contributed by atoms with van der Waals surface area (Å²) in [6.45, 7) is 5.87. The molecule has 0 saturated heterocycles. The zero-order valence-electron chi connectivity index (χ0n) is 11.0. The van der Waals surface area contributed by atoms with Crippen LogP contribution in [0.4, 0.5) is 5.82 Å². The van der Waals surface area contributed by atoms with E-state index in [1.54, 1.807) is 11.6 Å². The molecule has 0 fully saturated rings. The molecule has 0 bridgehead atoms. The zero-order chi connectivity index (χ0) is 13.3. The largest absolute Gasteiger partial charge is 0.384 e. The summed E-state index contributed by atoms with van der Waals surface area (Å²) in [4.78, 5) is 12.0. The van der Waals surface area contributed by atoms with Crippen molar-refractivity contribution in [3.8, 4) is 0 Å². The maximum Gasteiger partial charge on any atom is 0.271 e. The second kappa shape index (κ2) is 4.72. The van der Waals surface area contributed by atoms with Crippen LogP contribution in [-0.2, 0) is 0 Å². The third-order valence-corrected chi connectivity index (χ3v) is 3.64. The molecule has 0 amide bonds. The summed E-state index contributed by atoms with van der Waals surface area (Å²) in [7, 11) is 0. The number of nitrogens with one attached hydrogen (secondary N) is 1. The van der Waals surface area contributed by atoms with E-state index in [0.29, 0.717) is 11.4 Å². The van der Waals surface area contributed by atoms with E-state index in [-0.39, 0.29) is 17.5 Å². The number of anilines is 1. The molecule has 1 heterocycles. The van der Waals surface area contributed by atoms with Gasteiger partial charge >= 0.3 is 0 Å². The SMILES string of the molecule is Cc1c(N)[nH]n(C(C)C(C)c2ccccc2)c1=O. The predicted molar refractivity (Wildman–Crippen MR) is 73.8 cm³/mol. The molecule has 4 nitrogen and oxygen atoms in total. The van der Waals surface area contributed by atoms with Gasteiger partial charge in [-0.05, 0) is 19.4 Å². The van der Waals surface area contributed by atoms with Crippen molar-refractivity contribution in [3.05, 3.63) is 51.8 Å². The lowest BCUT2D eigenvalue weighted by atomic mass is 9.95. The van der Waals surface area contributed by atoms with Gasteiger partial charge in [-0.15, -0.1) is 0 Å². The molecule has 3 N–H and O–H groups in total. The van der Waals surface area contributed by atoms with Crippen LogP contribution in [0, 0.1) is 6.92 Å². The smallest absolute Gasteiger partial charge is 0.271 e. The van der Waals surface area contributed by atoms with E-state index in [9.17, 15) is 4.79 Å². The first-order valence-electron chi connectivity index (χ1n) is 6.14. The third kappa shape index (κ3) is 2.06. The Morgan fingerprint density at radius 3 is 2.33 bits per heavy atom. The molecular weight excluding hydrogens is 226 g/mol. The summed E-state index contributed by atoms with van der Waals surface area (Å²) in [6.07, 6.45) is 0. The molecule has 0 spiro atoms. The first-order chi connectivity index (χ1) is 8.52. The number of aromatic amines is 1. The van der Waals surface area contributed by atoms with Gasteiger partial charge in [0.25, 0.3) is 5.56 Å². The van der Waals surface area contributed by atoms with Crippen LogP contribution < -0.4 is 11.3 Å². The molecule has 2 aromatic rings. The number of hydrogen-bond donors (Lipinski definition) is 2. The van der Waals surface area contributed by atoms with Crippen molar-refractivity contribution in [2.45, 2.75) is 32.7 Å². The number of rotatable bonds is 3. The van der Waals surface area contributed by atoms with Crippen LogP contribution in [0.25, 0.3) is 0 Å². The Morgan fingerprint density at radius 2 is 1.83 bits per heavy atom. The third-order valence-electron chi connectivity index (χ3n) is 3.64. The number of H-pyrrole nitrogens is 1. The number of hydrogen-bond acceptors (Lipinski definition) is 2. The van der Waals surface area contributed by atoms with Crippen LogP contribution >= 0.6 is 0 Å². The molecule has 1 aromatic carbocycles. The quantitative estimate of drug-likeness (QED) is 0.872. The van der Waals surface area contributed by atoms with Crippen molar-refractivity contribution in [2.24, 2.45) is 0 Å². The second-order valence-corrected chi connectivity index (χ2v) is 4.77. The molecule has 96 valence electrons. The average Bonchev–Trinajstić information content (AvgIpc) is 2.66. The first kappa shape index (κ1) is 12.5. The van der Waals surface area contributed by atoms with E-state index in [4.69, 9.17) is 5.73 Å². The highest BCUT2D eigenvalue weighted by atomic mass is 16.1. The van der Waals surface area contributed by atoms with Crippen molar-refractivity contribution >= 4 is 5.82 Å². The van der Waals surface area contributed by atoms with Gasteiger partial charge in [0, 0.05) is 5.92 Å². The fraction of sp³-hybridized carbons (Fsp3) is 0.357. The highest BCUT2D eigenvalue weighted by molar-refractivity contribution is 5.36. The van der Waals surface area contributed by atoms with E-state index in [1.807, 2.05) is 25.1 Å². The van der Waals surface area contributed by atoms with Crippen molar-refractivity contribution in [3.63, 3.8) is 0 Å². The van der Waals surface area contributed by atoms with E-state index >= 15 is 0 Å². The van der Waals surface area contributed by atoms with Crippen LogP contribution in [0.2, 0.25) is 0 Å². The lowest BCUT2D eigenvalue weighted by molar-refractivity contribution is 0.417. The topological polar surface area (TPSA) is 63.8 Å². The van der Waals surface area contributed by atoms with Gasteiger partial charge in [0.15, 0.2) is 0 Å². The minimum atomic E-state index is -0.0391. The number of aromatic nitrogens is 2. The van der Waals surface area contributed by atoms with Crippen molar-refractivity contribution in [2.75, 3.05) is 5.73 Å². The van der Waals surface area contributed by atoms with E-state index in [0.717, 1.165) is 0 Å². The monoisotopic (exact) mass is 245 g/mol. The zero-order valence-corrected chi connectivity index (χ0v) is 11.0. The molecule has 2 unspecified atom stereocenters. The minimum Gasteiger partial charge on any atom is -0.384 e. The Morgan fingerprint density at radius 1 is 1.22 bits per heavy atom. The van der Waals surface area contributed by atoms with Gasteiger partial charge in [0.05, 0.1) is 11.6 Å². The van der Waals surface area contributed by atoms with Crippen molar-refractivity contribution in [1.29, 1.82) is 0 Å². The highest BCUT2D eigenvalue weighted by Gasteiger charge is 2.19. The summed E-state index contributed by atoms with van der Waals surface area (Å²) in [5.74, 6) is 0.688. The van der Waals surface area contributed by atoms with Crippen LogP contribution in [0.5, 0.6) is 0 Å². The maximum atomic E-state index is 12.0. The van der Waals surface area contributed by atoms with Crippen molar-refractivity contribution in [1.82, 2.24) is 9.78 Å². The Hall–Kier alpha value is -1.97. The fourth-order valence-corrected chi connectivity index (χ4v) is 2.11. The van der Waals surface area contributed by atoms with Gasteiger partial charge in [0.1, 0.15) is 5.82 Å². The molecule has 2 atom stereocenters. The fourth-order valence-electron chi connectivity index (χ4n) is 2.11. The standard InChI is InChI=1S/C14H19N3O/c1-9(12-7-5-4-6-8-12)11(3)17-14(18)10(2)13(15)16-17/h4-9,11,16H,15H2,1-3H3. The predicted octanol–water partition coefficient (Wildman–Crippen LogP) is 2.43. The number of nitrogen functional groups attached to an aromatic ring is 1. The Balaban J connectivity index is 2.34. The van der Waals surface area contributed by atoms with Gasteiger partial charge in [-0.3, -0.25) is 9.89 Å². The summed E-state index contributed by atoms with van der Waals surface area (Å²) < 4.78 is 1.61. The van der Waals surface area contributed by atoms with Crippen LogP contribution in [0.15, 0.2) is 35.1 Å². The van der Waals surface area contributed by atoms with E-state index < -0.39 is 0 Å². The van der Waals surface area contributed by atoms with E-state index in [2.05, 4.69) is 24.2 Å². The summed E-state index contributed by atoms with van der Waals surface area (Å²) in [6, 6.07) is 10.2. The molecule has 0 aliphatic rings. The molecule has 1 aromatic heterocycles. The Bertz CT molecular complexity index is 583. The number of nitrogens with zero attached hydrogens (tertiary/aromatic N) is 1. The van der Waals surface area contributed by atoms with Gasteiger partial charge in [-0.25, -0.2) is 4.68 Å².